The van der Waals surface area contributed by atoms with Crippen LogP contribution >= 0.6 is 15.9 Å². The van der Waals surface area contributed by atoms with Crippen LogP contribution in [0.2, 0.25) is 0 Å². The first kappa shape index (κ1) is 17.9. The van der Waals surface area contributed by atoms with Gasteiger partial charge in [-0.05, 0) is 61.1 Å². The molecular weight excluding hydrogens is 378 g/mol. The molecule has 132 valence electrons. The summed E-state index contributed by atoms with van der Waals surface area (Å²) in [4.78, 5) is 19.3. The number of amides is 1. The molecule has 5 heteroatoms. The van der Waals surface area contributed by atoms with Crippen LogP contribution in [-0.4, -0.2) is 24.0 Å². The highest BCUT2D eigenvalue weighted by Crippen LogP contribution is 2.21. The summed E-state index contributed by atoms with van der Waals surface area (Å²) in [5, 5.41) is 2.97. The molecule has 1 aliphatic heterocycles. The van der Waals surface area contributed by atoms with Crippen molar-refractivity contribution < 1.29 is 4.79 Å². The van der Waals surface area contributed by atoms with Gasteiger partial charge >= 0.3 is 0 Å². The summed E-state index contributed by atoms with van der Waals surface area (Å²) in [6.07, 6.45) is 4.32. The zero-order valence-corrected chi connectivity index (χ0v) is 16.3. The third kappa shape index (κ3) is 4.60. The molecule has 1 aromatic carbocycles. The predicted octanol–water partition coefficient (Wildman–Crippen LogP) is 4.32. The van der Waals surface area contributed by atoms with Gasteiger partial charge in [-0.2, -0.15) is 0 Å². The number of nitrogens with zero attached hydrogens (tertiary/aromatic N) is 2. The van der Waals surface area contributed by atoms with Crippen LogP contribution in [0.3, 0.4) is 0 Å². The minimum atomic E-state index is -0.0564. The second-order valence-corrected chi connectivity index (χ2v) is 7.75. The van der Waals surface area contributed by atoms with Crippen molar-refractivity contribution in [3.63, 3.8) is 0 Å². The third-order valence-corrected chi connectivity index (χ3v) is 5.30. The van der Waals surface area contributed by atoms with Gasteiger partial charge in [-0.15, -0.1) is 0 Å². The zero-order valence-electron chi connectivity index (χ0n) is 14.8. The molecule has 0 saturated carbocycles. The number of benzene rings is 1. The van der Waals surface area contributed by atoms with Crippen molar-refractivity contribution >= 4 is 27.7 Å². The van der Waals surface area contributed by atoms with E-state index >= 15 is 0 Å². The molecular formula is C20H24BrN3O. The van der Waals surface area contributed by atoms with E-state index in [1.807, 2.05) is 31.3 Å². The standard InChI is InChI=1S/C20H24BrN3O/c1-14-7-9-24(10-8-14)19-6-3-16(12-22-19)13-23-20(25)18-5-4-17(21)11-15(18)2/h3-6,11-12,14H,7-10,13H2,1-2H3,(H,23,25). The van der Waals surface area contributed by atoms with E-state index in [0.717, 1.165) is 40.4 Å². The molecule has 0 bridgehead atoms. The van der Waals surface area contributed by atoms with Crippen molar-refractivity contribution in [2.75, 3.05) is 18.0 Å². The van der Waals surface area contributed by atoms with Gasteiger partial charge in [-0.3, -0.25) is 4.79 Å². The zero-order chi connectivity index (χ0) is 17.8. The summed E-state index contributed by atoms with van der Waals surface area (Å²) in [5.41, 5.74) is 2.67. The highest BCUT2D eigenvalue weighted by Gasteiger charge is 2.16. The number of hydrogen-bond acceptors (Lipinski definition) is 3. The fourth-order valence-electron chi connectivity index (χ4n) is 3.11. The molecule has 1 saturated heterocycles. The lowest BCUT2D eigenvalue weighted by Crippen LogP contribution is -2.33. The Balaban J connectivity index is 1.57. The average molecular weight is 402 g/mol. The van der Waals surface area contributed by atoms with E-state index < -0.39 is 0 Å². The lowest BCUT2D eigenvalue weighted by atomic mass is 9.99. The Bertz CT molecular complexity index is 737. The Labute approximate surface area is 157 Å². The molecule has 1 N–H and O–H groups in total. The summed E-state index contributed by atoms with van der Waals surface area (Å²) in [7, 11) is 0. The maximum Gasteiger partial charge on any atom is 0.251 e. The van der Waals surface area contributed by atoms with Crippen LogP contribution in [0.5, 0.6) is 0 Å². The van der Waals surface area contributed by atoms with Crippen LogP contribution in [0.4, 0.5) is 5.82 Å². The van der Waals surface area contributed by atoms with Gasteiger partial charge in [-0.25, -0.2) is 4.98 Å². The number of anilines is 1. The summed E-state index contributed by atoms with van der Waals surface area (Å²) < 4.78 is 0.980. The Morgan fingerprint density at radius 2 is 2.04 bits per heavy atom. The van der Waals surface area contributed by atoms with E-state index in [4.69, 9.17) is 0 Å². The molecule has 1 fully saturated rings. The van der Waals surface area contributed by atoms with Crippen LogP contribution in [0, 0.1) is 12.8 Å². The van der Waals surface area contributed by atoms with Crippen molar-refractivity contribution in [1.82, 2.24) is 10.3 Å². The number of halogens is 1. The second-order valence-electron chi connectivity index (χ2n) is 6.84. The molecule has 2 aromatic rings. The monoisotopic (exact) mass is 401 g/mol. The SMILES string of the molecule is Cc1cc(Br)ccc1C(=O)NCc1ccc(N2CCC(C)CC2)nc1. The van der Waals surface area contributed by atoms with E-state index in [9.17, 15) is 4.79 Å². The third-order valence-electron chi connectivity index (χ3n) is 4.80. The number of hydrogen-bond donors (Lipinski definition) is 1. The van der Waals surface area contributed by atoms with E-state index in [1.54, 1.807) is 0 Å². The van der Waals surface area contributed by atoms with Crippen LogP contribution in [0.15, 0.2) is 41.0 Å². The Morgan fingerprint density at radius 1 is 1.28 bits per heavy atom. The fraction of sp³-hybridized carbons (Fsp3) is 0.400. The van der Waals surface area contributed by atoms with Crippen molar-refractivity contribution in [3.8, 4) is 0 Å². The number of rotatable bonds is 4. The largest absolute Gasteiger partial charge is 0.357 e. The van der Waals surface area contributed by atoms with Crippen LogP contribution < -0.4 is 10.2 Å². The van der Waals surface area contributed by atoms with Gasteiger partial charge in [0.15, 0.2) is 0 Å². The van der Waals surface area contributed by atoms with Crippen molar-refractivity contribution in [2.45, 2.75) is 33.2 Å². The topological polar surface area (TPSA) is 45.2 Å². The molecule has 0 radical (unpaired) electrons. The molecule has 1 amide bonds. The predicted molar refractivity (Wildman–Crippen MR) is 105 cm³/mol. The number of aromatic nitrogens is 1. The molecule has 0 atom stereocenters. The number of nitrogens with one attached hydrogen (secondary N) is 1. The summed E-state index contributed by atoms with van der Waals surface area (Å²) in [6, 6.07) is 9.79. The van der Waals surface area contributed by atoms with Gasteiger partial charge in [0.2, 0.25) is 0 Å². The van der Waals surface area contributed by atoms with Crippen LogP contribution in [-0.2, 0) is 6.54 Å². The Kier molecular flexibility index (Phi) is 5.74. The number of pyridine rings is 1. The Hall–Kier alpha value is -1.88. The smallest absolute Gasteiger partial charge is 0.251 e. The van der Waals surface area contributed by atoms with Crippen LogP contribution in [0.25, 0.3) is 0 Å². The van der Waals surface area contributed by atoms with Crippen LogP contribution in [0.1, 0.15) is 41.3 Å². The van der Waals surface area contributed by atoms with E-state index in [0.29, 0.717) is 12.1 Å². The van der Waals surface area contributed by atoms with E-state index in [-0.39, 0.29) is 5.91 Å². The first-order chi connectivity index (χ1) is 12.0. The normalized spacial score (nSPS) is 15.2. The molecule has 0 aliphatic carbocycles. The summed E-state index contributed by atoms with van der Waals surface area (Å²) in [5.74, 6) is 1.79. The number of carbonyl (C=O) groups excluding carboxylic acids is 1. The molecule has 25 heavy (non-hydrogen) atoms. The highest BCUT2D eigenvalue weighted by atomic mass is 79.9. The van der Waals surface area contributed by atoms with Crippen molar-refractivity contribution in [2.24, 2.45) is 5.92 Å². The lowest BCUT2D eigenvalue weighted by Gasteiger charge is -2.31. The van der Waals surface area contributed by atoms with Gasteiger partial charge in [0, 0.05) is 35.9 Å². The molecule has 0 unspecified atom stereocenters. The van der Waals surface area contributed by atoms with Gasteiger partial charge < -0.3 is 10.2 Å². The van der Waals surface area contributed by atoms with Crippen molar-refractivity contribution in [3.05, 3.63) is 57.7 Å². The Morgan fingerprint density at radius 3 is 2.68 bits per heavy atom. The molecule has 3 rings (SSSR count). The average Bonchev–Trinajstić information content (AvgIpc) is 2.61. The maximum atomic E-state index is 12.3. The first-order valence-electron chi connectivity index (χ1n) is 8.77. The molecule has 4 nitrogen and oxygen atoms in total. The van der Waals surface area contributed by atoms with Gasteiger partial charge in [0.1, 0.15) is 5.82 Å². The molecule has 1 aromatic heterocycles. The number of aryl methyl sites for hydroxylation is 1. The minimum Gasteiger partial charge on any atom is -0.357 e. The van der Waals surface area contributed by atoms with E-state index in [1.165, 1.54) is 12.8 Å². The molecule has 1 aliphatic rings. The quantitative estimate of drug-likeness (QED) is 0.829. The van der Waals surface area contributed by atoms with Gasteiger partial charge in [0.25, 0.3) is 5.91 Å². The fourth-order valence-corrected chi connectivity index (χ4v) is 3.58. The maximum absolute atomic E-state index is 12.3. The van der Waals surface area contributed by atoms with E-state index in [2.05, 4.69) is 50.2 Å². The molecule has 0 spiro atoms. The summed E-state index contributed by atoms with van der Waals surface area (Å²) in [6.45, 7) is 6.89. The van der Waals surface area contributed by atoms with Gasteiger partial charge in [-0.1, -0.05) is 28.9 Å². The van der Waals surface area contributed by atoms with Crippen molar-refractivity contribution in [1.29, 1.82) is 0 Å². The highest BCUT2D eigenvalue weighted by molar-refractivity contribution is 9.10. The molecule has 2 heterocycles. The minimum absolute atomic E-state index is 0.0564. The lowest BCUT2D eigenvalue weighted by molar-refractivity contribution is 0.0950. The van der Waals surface area contributed by atoms with Gasteiger partial charge in [0.05, 0.1) is 0 Å². The summed E-state index contributed by atoms with van der Waals surface area (Å²) >= 11 is 3.42. The number of piperidine rings is 1. The second kappa shape index (κ2) is 8.00. The number of carbonyl (C=O) groups is 1. The first-order valence-corrected chi connectivity index (χ1v) is 9.56.